The van der Waals surface area contributed by atoms with Gasteiger partial charge in [-0.3, -0.25) is 0 Å². The van der Waals surface area contributed by atoms with Gasteiger partial charge in [0.2, 0.25) is 0 Å². The van der Waals surface area contributed by atoms with Gasteiger partial charge in [0.05, 0.1) is 0 Å². The average molecular weight is 340 g/mol. The Morgan fingerprint density at radius 1 is 0.714 bits per heavy atom. The summed E-state index contributed by atoms with van der Waals surface area (Å²) < 4.78 is 85.5. The molecule has 0 heterocycles. The predicted molar refractivity (Wildman–Crippen MR) is 69.2 cm³/mol. The molecule has 0 aliphatic rings. The number of hydrogen-bond acceptors (Lipinski definition) is 2. The summed E-state index contributed by atoms with van der Waals surface area (Å²) in [6, 6.07) is -1.05. The highest BCUT2D eigenvalue weighted by Crippen LogP contribution is 2.35. The molecule has 2 nitrogen and oxygen atoms in total. The molecule has 0 aromatic carbocycles. The Bertz CT molecular complexity index is 271. The molecule has 0 fully saturated rings. The fourth-order valence-corrected chi connectivity index (χ4v) is 5.74. The number of halogens is 6. The van der Waals surface area contributed by atoms with Gasteiger partial charge < -0.3 is 8.85 Å². The van der Waals surface area contributed by atoms with E-state index in [1.807, 2.05) is 0 Å². The summed E-state index contributed by atoms with van der Waals surface area (Å²) >= 11 is 0. The third-order valence-electron chi connectivity index (χ3n) is 2.48. The zero-order valence-electron chi connectivity index (χ0n) is 12.6. The average Bonchev–Trinajstić information content (AvgIpc) is 2.20. The lowest BCUT2D eigenvalue weighted by Gasteiger charge is -2.35. The minimum Gasteiger partial charge on any atom is -0.392 e. The smallest absolute Gasteiger partial charge is 0.389 e. The molecule has 0 amide bonds. The largest absolute Gasteiger partial charge is 0.392 e. The standard InChI is InChI=1S/C12H22F6O2Si/c1-9(2)19-21(20-10(3)4,7-5-11(13,14)15)8-6-12(16,17)18/h9-10H,5-8H2,1-4H3. The van der Waals surface area contributed by atoms with Crippen molar-refractivity contribution < 1.29 is 35.2 Å². The Hall–Kier alpha value is -0.283. The first kappa shape index (κ1) is 20.7. The molecule has 21 heavy (non-hydrogen) atoms. The summed E-state index contributed by atoms with van der Waals surface area (Å²) in [5, 5.41) is 0. The topological polar surface area (TPSA) is 18.5 Å². The summed E-state index contributed by atoms with van der Waals surface area (Å²) in [6.07, 6.45) is -12.3. The van der Waals surface area contributed by atoms with E-state index in [0.717, 1.165) is 0 Å². The summed E-state index contributed by atoms with van der Waals surface area (Å²) in [5.41, 5.74) is 0. The first-order valence-electron chi connectivity index (χ1n) is 6.74. The van der Waals surface area contributed by atoms with Crippen molar-refractivity contribution in [2.45, 2.75) is 77.2 Å². The highest BCUT2D eigenvalue weighted by molar-refractivity contribution is 6.67. The Morgan fingerprint density at radius 2 is 1.00 bits per heavy atom. The Labute approximate surface area is 122 Å². The molecule has 0 atom stereocenters. The van der Waals surface area contributed by atoms with Crippen LogP contribution in [-0.4, -0.2) is 33.1 Å². The molecule has 0 aromatic heterocycles. The van der Waals surface area contributed by atoms with Crippen molar-refractivity contribution in [1.82, 2.24) is 0 Å². The maximum atomic E-state index is 12.4. The molecule has 0 aliphatic carbocycles. The van der Waals surface area contributed by atoms with Crippen molar-refractivity contribution in [3.63, 3.8) is 0 Å². The van der Waals surface area contributed by atoms with Gasteiger partial charge in [-0.25, -0.2) is 0 Å². The van der Waals surface area contributed by atoms with Gasteiger partial charge in [0.15, 0.2) is 0 Å². The minimum absolute atomic E-state index is 0.489. The Morgan fingerprint density at radius 3 is 1.19 bits per heavy atom. The first-order chi connectivity index (χ1) is 9.25. The zero-order valence-corrected chi connectivity index (χ0v) is 13.6. The summed E-state index contributed by atoms with van der Waals surface area (Å²) in [5.74, 6) is 0. The van der Waals surface area contributed by atoms with Gasteiger partial charge in [0, 0.05) is 25.0 Å². The highest BCUT2D eigenvalue weighted by Gasteiger charge is 2.45. The normalized spacial score (nSPS) is 14.3. The second-order valence-corrected chi connectivity index (χ2v) is 8.77. The van der Waals surface area contributed by atoms with E-state index in [4.69, 9.17) is 8.85 Å². The van der Waals surface area contributed by atoms with E-state index in [1.165, 1.54) is 0 Å². The van der Waals surface area contributed by atoms with Crippen molar-refractivity contribution in [2.24, 2.45) is 0 Å². The molecular formula is C12H22F6O2Si. The van der Waals surface area contributed by atoms with E-state index in [-0.39, 0.29) is 0 Å². The van der Waals surface area contributed by atoms with Gasteiger partial charge in [-0.2, -0.15) is 26.3 Å². The van der Waals surface area contributed by atoms with Crippen LogP contribution in [0.4, 0.5) is 26.3 Å². The molecule has 0 bridgehead atoms. The molecule has 0 saturated carbocycles. The van der Waals surface area contributed by atoms with Crippen LogP contribution in [-0.2, 0) is 8.85 Å². The minimum atomic E-state index is -4.45. The second-order valence-electron chi connectivity index (χ2n) is 5.47. The van der Waals surface area contributed by atoms with Crippen LogP contribution in [0.15, 0.2) is 0 Å². The van der Waals surface area contributed by atoms with E-state index in [0.29, 0.717) is 0 Å². The number of alkyl halides is 6. The van der Waals surface area contributed by atoms with Crippen LogP contribution in [0.5, 0.6) is 0 Å². The molecule has 0 spiro atoms. The van der Waals surface area contributed by atoms with Crippen LogP contribution < -0.4 is 0 Å². The van der Waals surface area contributed by atoms with E-state index < -0.39 is 58.1 Å². The molecule has 0 aromatic rings. The maximum absolute atomic E-state index is 12.4. The fraction of sp³-hybridized carbons (Fsp3) is 1.00. The maximum Gasteiger partial charge on any atom is 0.389 e. The fourth-order valence-electron chi connectivity index (χ4n) is 1.91. The van der Waals surface area contributed by atoms with Gasteiger partial charge in [-0.15, -0.1) is 0 Å². The van der Waals surface area contributed by atoms with Crippen molar-refractivity contribution in [3.8, 4) is 0 Å². The summed E-state index contributed by atoms with van der Waals surface area (Å²) in [6.45, 7) is 6.30. The molecule has 9 heteroatoms. The molecule has 0 N–H and O–H groups in total. The quantitative estimate of drug-likeness (QED) is 0.447. The SMILES string of the molecule is CC(C)O[Si](CCC(F)(F)F)(CCC(F)(F)F)OC(C)C. The van der Waals surface area contributed by atoms with Crippen LogP contribution in [0.3, 0.4) is 0 Å². The molecular weight excluding hydrogens is 318 g/mol. The lowest BCUT2D eigenvalue weighted by Crippen LogP contribution is -2.47. The van der Waals surface area contributed by atoms with Gasteiger partial charge in [-0.05, 0) is 39.8 Å². The van der Waals surface area contributed by atoms with E-state index in [1.54, 1.807) is 27.7 Å². The van der Waals surface area contributed by atoms with E-state index in [9.17, 15) is 26.3 Å². The molecule has 0 radical (unpaired) electrons. The van der Waals surface area contributed by atoms with E-state index >= 15 is 0 Å². The second kappa shape index (κ2) is 7.82. The van der Waals surface area contributed by atoms with Crippen molar-refractivity contribution in [2.75, 3.05) is 0 Å². The molecule has 0 saturated heterocycles. The van der Waals surface area contributed by atoms with Gasteiger partial charge in [-0.1, -0.05) is 0 Å². The molecule has 0 aliphatic heterocycles. The van der Waals surface area contributed by atoms with Crippen LogP contribution in [0, 0.1) is 0 Å². The third kappa shape index (κ3) is 11.0. The Kier molecular flexibility index (Phi) is 7.72. The zero-order chi connectivity index (χ0) is 16.9. The van der Waals surface area contributed by atoms with E-state index in [2.05, 4.69) is 0 Å². The van der Waals surface area contributed by atoms with Crippen molar-refractivity contribution in [1.29, 1.82) is 0 Å². The molecule has 0 unspecified atom stereocenters. The van der Waals surface area contributed by atoms with Crippen LogP contribution in [0.2, 0.25) is 12.1 Å². The number of rotatable bonds is 8. The predicted octanol–water partition coefficient (Wildman–Crippen LogP) is 5.18. The van der Waals surface area contributed by atoms with Crippen LogP contribution in [0.25, 0.3) is 0 Å². The third-order valence-corrected chi connectivity index (χ3v) is 6.31. The molecule has 128 valence electrons. The van der Waals surface area contributed by atoms with Crippen molar-refractivity contribution >= 4 is 8.56 Å². The van der Waals surface area contributed by atoms with Gasteiger partial charge in [0.25, 0.3) is 0 Å². The number of hydrogen-bond donors (Lipinski definition) is 0. The van der Waals surface area contributed by atoms with Crippen molar-refractivity contribution in [3.05, 3.63) is 0 Å². The molecule has 0 rings (SSSR count). The Balaban J connectivity index is 5.10. The lowest BCUT2D eigenvalue weighted by molar-refractivity contribution is -0.134. The van der Waals surface area contributed by atoms with Gasteiger partial charge >= 0.3 is 20.9 Å². The lowest BCUT2D eigenvalue weighted by atomic mass is 10.5. The highest BCUT2D eigenvalue weighted by atomic mass is 28.4. The van der Waals surface area contributed by atoms with Gasteiger partial charge in [0.1, 0.15) is 0 Å². The van der Waals surface area contributed by atoms with Crippen LogP contribution in [0.1, 0.15) is 40.5 Å². The summed E-state index contributed by atoms with van der Waals surface area (Å²) in [7, 11) is -3.58. The van der Waals surface area contributed by atoms with Crippen LogP contribution >= 0.6 is 0 Å². The first-order valence-corrected chi connectivity index (χ1v) is 8.97. The monoisotopic (exact) mass is 340 g/mol. The summed E-state index contributed by atoms with van der Waals surface area (Å²) in [4.78, 5) is 0.